The van der Waals surface area contributed by atoms with Crippen LogP contribution in [-0.4, -0.2) is 6.04 Å². The van der Waals surface area contributed by atoms with Gasteiger partial charge >= 0.3 is 0 Å². The molecule has 2 aliphatic carbocycles. The highest BCUT2D eigenvalue weighted by atomic mass is 16.3. The van der Waals surface area contributed by atoms with E-state index >= 15 is 0 Å². The predicted molar refractivity (Wildman–Crippen MR) is 77.0 cm³/mol. The molecule has 0 saturated heterocycles. The molecule has 4 unspecified atom stereocenters. The van der Waals surface area contributed by atoms with Crippen LogP contribution in [-0.2, 0) is 0 Å². The molecule has 4 rings (SSSR count). The third-order valence-corrected chi connectivity index (χ3v) is 5.07. The monoisotopic (exact) mass is 255 g/mol. The van der Waals surface area contributed by atoms with Gasteiger partial charge in [0.05, 0.1) is 6.04 Å². The second kappa shape index (κ2) is 4.38. The van der Waals surface area contributed by atoms with Crippen molar-refractivity contribution in [3.63, 3.8) is 0 Å². The van der Waals surface area contributed by atoms with E-state index in [1.54, 1.807) is 0 Å². The molecule has 1 heterocycles. The SMILES string of the molecule is CC(NC1CC2CCC1C2)c1cc2ccccc2o1. The fourth-order valence-electron chi connectivity index (χ4n) is 4.07. The van der Waals surface area contributed by atoms with Crippen molar-refractivity contribution in [3.05, 3.63) is 36.1 Å². The minimum absolute atomic E-state index is 0.316. The molecule has 1 N–H and O–H groups in total. The molecule has 0 spiro atoms. The molecular weight excluding hydrogens is 234 g/mol. The molecule has 2 heteroatoms. The Morgan fingerprint density at radius 2 is 2.11 bits per heavy atom. The van der Waals surface area contributed by atoms with E-state index in [4.69, 9.17) is 4.42 Å². The van der Waals surface area contributed by atoms with E-state index in [0.717, 1.165) is 23.2 Å². The van der Waals surface area contributed by atoms with Gasteiger partial charge in [0, 0.05) is 11.4 Å². The minimum Gasteiger partial charge on any atom is -0.459 e. The van der Waals surface area contributed by atoms with Crippen LogP contribution in [0.2, 0.25) is 0 Å². The van der Waals surface area contributed by atoms with Crippen molar-refractivity contribution in [2.24, 2.45) is 11.8 Å². The maximum absolute atomic E-state index is 5.96. The Kier molecular flexibility index (Phi) is 2.66. The summed E-state index contributed by atoms with van der Waals surface area (Å²) in [6.07, 6.45) is 5.71. The Hall–Kier alpha value is -1.28. The summed E-state index contributed by atoms with van der Waals surface area (Å²) in [6.45, 7) is 2.23. The zero-order chi connectivity index (χ0) is 12.8. The highest BCUT2D eigenvalue weighted by Gasteiger charge is 2.39. The molecule has 2 aliphatic rings. The Balaban J connectivity index is 1.52. The number of hydrogen-bond donors (Lipinski definition) is 1. The first-order valence-electron chi connectivity index (χ1n) is 7.54. The van der Waals surface area contributed by atoms with Crippen LogP contribution < -0.4 is 5.32 Å². The van der Waals surface area contributed by atoms with Crippen molar-refractivity contribution in [1.82, 2.24) is 5.32 Å². The quantitative estimate of drug-likeness (QED) is 0.886. The summed E-state index contributed by atoms with van der Waals surface area (Å²) in [7, 11) is 0. The van der Waals surface area contributed by atoms with Gasteiger partial charge in [-0.1, -0.05) is 24.6 Å². The van der Waals surface area contributed by atoms with Gasteiger partial charge in [-0.05, 0) is 50.2 Å². The summed E-state index contributed by atoms with van der Waals surface area (Å²) in [6, 6.07) is 11.5. The van der Waals surface area contributed by atoms with E-state index in [9.17, 15) is 0 Å². The maximum Gasteiger partial charge on any atom is 0.134 e. The Labute approximate surface area is 114 Å². The number of para-hydroxylation sites is 1. The van der Waals surface area contributed by atoms with Gasteiger partial charge in [-0.25, -0.2) is 0 Å². The van der Waals surface area contributed by atoms with Crippen LogP contribution in [0.3, 0.4) is 0 Å². The molecule has 2 bridgehead atoms. The predicted octanol–water partition coefficient (Wildman–Crippen LogP) is 4.27. The van der Waals surface area contributed by atoms with Crippen LogP contribution in [0.1, 0.15) is 44.4 Å². The van der Waals surface area contributed by atoms with Crippen LogP contribution >= 0.6 is 0 Å². The second-order valence-corrected chi connectivity index (χ2v) is 6.36. The summed E-state index contributed by atoms with van der Waals surface area (Å²) in [4.78, 5) is 0. The maximum atomic E-state index is 5.96. The van der Waals surface area contributed by atoms with Crippen LogP contribution in [0.25, 0.3) is 11.0 Å². The van der Waals surface area contributed by atoms with E-state index in [1.165, 1.54) is 31.1 Å². The first-order valence-corrected chi connectivity index (χ1v) is 7.54. The second-order valence-electron chi connectivity index (χ2n) is 6.36. The number of hydrogen-bond acceptors (Lipinski definition) is 2. The van der Waals surface area contributed by atoms with Crippen molar-refractivity contribution in [3.8, 4) is 0 Å². The fraction of sp³-hybridized carbons (Fsp3) is 0.529. The van der Waals surface area contributed by atoms with Crippen molar-refractivity contribution >= 4 is 11.0 Å². The molecule has 0 amide bonds. The van der Waals surface area contributed by atoms with Gasteiger partial charge in [0.2, 0.25) is 0 Å². The largest absolute Gasteiger partial charge is 0.459 e. The molecule has 19 heavy (non-hydrogen) atoms. The topological polar surface area (TPSA) is 25.2 Å². The summed E-state index contributed by atoms with van der Waals surface area (Å²) < 4.78 is 5.96. The molecular formula is C17H21NO. The van der Waals surface area contributed by atoms with E-state index in [0.29, 0.717) is 12.1 Å². The zero-order valence-electron chi connectivity index (χ0n) is 11.4. The lowest BCUT2D eigenvalue weighted by molar-refractivity contribution is 0.310. The van der Waals surface area contributed by atoms with Crippen molar-refractivity contribution in [2.75, 3.05) is 0 Å². The highest BCUT2D eigenvalue weighted by molar-refractivity contribution is 5.77. The molecule has 2 aromatic rings. The van der Waals surface area contributed by atoms with Gasteiger partial charge in [0.1, 0.15) is 11.3 Å². The summed E-state index contributed by atoms with van der Waals surface area (Å²) in [5, 5.41) is 5.00. The molecule has 2 saturated carbocycles. The van der Waals surface area contributed by atoms with Crippen LogP contribution in [0.5, 0.6) is 0 Å². The number of furan rings is 1. The number of nitrogens with one attached hydrogen (secondary N) is 1. The fourth-order valence-corrected chi connectivity index (χ4v) is 4.07. The number of fused-ring (bicyclic) bond motifs is 3. The van der Waals surface area contributed by atoms with E-state index in [1.807, 2.05) is 12.1 Å². The molecule has 0 radical (unpaired) electrons. The molecule has 100 valence electrons. The van der Waals surface area contributed by atoms with Gasteiger partial charge in [-0.15, -0.1) is 0 Å². The van der Waals surface area contributed by atoms with Crippen LogP contribution in [0, 0.1) is 11.8 Å². The first-order chi connectivity index (χ1) is 9.29. The summed E-state index contributed by atoms with van der Waals surface area (Å²) in [5.41, 5.74) is 0.999. The van der Waals surface area contributed by atoms with E-state index < -0.39 is 0 Å². The van der Waals surface area contributed by atoms with Crippen LogP contribution in [0.4, 0.5) is 0 Å². The smallest absolute Gasteiger partial charge is 0.134 e. The van der Waals surface area contributed by atoms with Gasteiger partial charge in [-0.2, -0.15) is 0 Å². The molecule has 2 fully saturated rings. The molecule has 1 aromatic heterocycles. The lowest BCUT2D eigenvalue weighted by Gasteiger charge is -2.25. The lowest BCUT2D eigenvalue weighted by atomic mass is 9.94. The van der Waals surface area contributed by atoms with Crippen LogP contribution in [0.15, 0.2) is 34.7 Å². The average Bonchev–Trinajstić information content (AvgIpc) is 3.12. The average molecular weight is 255 g/mol. The van der Waals surface area contributed by atoms with Gasteiger partial charge in [-0.3, -0.25) is 0 Å². The van der Waals surface area contributed by atoms with Crippen molar-refractivity contribution < 1.29 is 4.42 Å². The normalized spacial score (nSPS) is 31.1. The molecule has 2 nitrogen and oxygen atoms in total. The molecule has 4 atom stereocenters. The van der Waals surface area contributed by atoms with Crippen molar-refractivity contribution in [2.45, 2.75) is 44.7 Å². The highest BCUT2D eigenvalue weighted by Crippen LogP contribution is 2.45. The standard InChI is InChI=1S/C17H21NO/c1-11(18-15-9-12-6-7-13(15)8-12)17-10-14-4-2-3-5-16(14)19-17/h2-5,10-13,15,18H,6-9H2,1H3. The van der Waals surface area contributed by atoms with Gasteiger partial charge in [0.15, 0.2) is 0 Å². The van der Waals surface area contributed by atoms with E-state index in [-0.39, 0.29) is 0 Å². The Morgan fingerprint density at radius 1 is 1.21 bits per heavy atom. The lowest BCUT2D eigenvalue weighted by Crippen LogP contribution is -2.35. The number of rotatable bonds is 3. The Morgan fingerprint density at radius 3 is 2.84 bits per heavy atom. The van der Waals surface area contributed by atoms with Gasteiger partial charge in [0.25, 0.3) is 0 Å². The van der Waals surface area contributed by atoms with Crippen molar-refractivity contribution in [1.29, 1.82) is 0 Å². The van der Waals surface area contributed by atoms with E-state index in [2.05, 4.69) is 30.4 Å². The first kappa shape index (κ1) is 11.5. The third kappa shape index (κ3) is 1.99. The summed E-state index contributed by atoms with van der Waals surface area (Å²) in [5.74, 6) is 2.98. The number of benzene rings is 1. The third-order valence-electron chi connectivity index (χ3n) is 5.07. The molecule has 1 aromatic carbocycles. The van der Waals surface area contributed by atoms with Gasteiger partial charge < -0.3 is 9.73 Å². The Bertz CT molecular complexity index is 555. The summed E-state index contributed by atoms with van der Waals surface area (Å²) >= 11 is 0. The zero-order valence-corrected chi connectivity index (χ0v) is 11.4. The molecule has 0 aliphatic heterocycles. The minimum atomic E-state index is 0.316.